The Labute approximate surface area is 309 Å². The van der Waals surface area contributed by atoms with Crippen LogP contribution >= 0.6 is 11.3 Å². The third kappa shape index (κ3) is 4.99. The van der Waals surface area contributed by atoms with E-state index in [4.69, 9.17) is 15.0 Å². The van der Waals surface area contributed by atoms with Gasteiger partial charge in [0.15, 0.2) is 17.5 Å². The van der Waals surface area contributed by atoms with Crippen molar-refractivity contribution in [2.45, 2.75) is 0 Å². The van der Waals surface area contributed by atoms with Crippen molar-refractivity contribution in [3.05, 3.63) is 176 Å². The van der Waals surface area contributed by atoms with E-state index in [1.165, 1.54) is 63.4 Å². The fourth-order valence-electron chi connectivity index (χ4n) is 7.86. The lowest BCUT2D eigenvalue weighted by Gasteiger charge is -2.12. The molecule has 0 aliphatic carbocycles. The number of benzene rings is 9. The quantitative estimate of drug-likeness (QED) is 0.172. The Balaban J connectivity index is 1.08. The summed E-state index contributed by atoms with van der Waals surface area (Å²) in [7, 11) is 0. The van der Waals surface area contributed by atoms with Gasteiger partial charge >= 0.3 is 0 Å². The van der Waals surface area contributed by atoms with E-state index in [0.717, 1.165) is 27.6 Å². The maximum atomic E-state index is 5.22. The van der Waals surface area contributed by atoms with E-state index < -0.39 is 0 Å². The summed E-state index contributed by atoms with van der Waals surface area (Å²) >= 11 is 1.80. The second-order valence-electron chi connectivity index (χ2n) is 13.6. The van der Waals surface area contributed by atoms with E-state index in [1.54, 1.807) is 11.3 Å². The minimum atomic E-state index is 0.650. The number of fused-ring (bicyclic) bond motifs is 9. The molecule has 9 aromatic carbocycles. The van der Waals surface area contributed by atoms with Gasteiger partial charge in [0.2, 0.25) is 0 Å². The molecule has 246 valence electrons. The Bertz CT molecular complexity index is 3230. The van der Waals surface area contributed by atoms with Crippen molar-refractivity contribution in [3.63, 3.8) is 0 Å². The zero-order chi connectivity index (χ0) is 34.9. The average Bonchev–Trinajstić information content (AvgIpc) is 3.62. The number of hydrogen-bond donors (Lipinski definition) is 0. The summed E-state index contributed by atoms with van der Waals surface area (Å²) in [5.74, 6) is 1.97. The van der Waals surface area contributed by atoms with Crippen LogP contribution in [0.1, 0.15) is 0 Å². The first-order chi connectivity index (χ1) is 26.2. The SMILES string of the molecule is c1ccc2cc(-c3ccc(-c4nc(-c5ccc6c(ccc7c8ccccc8ccc67)c5)nc(-c5cccc6sc7ccccc7c56)n4)cc3)ccc2c1. The number of nitrogens with zero attached hydrogens (tertiary/aromatic N) is 3. The van der Waals surface area contributed by atoms with Crippen molar-refractivity contribution in [2.24, 2.45) is 0 Å². The number of hydrogen-bond acceptors (Lipinski definition) is 4. The molecule has 0 N–H and O–H groups in total. The van der Waals surface area contributed by atoms with Gasteiger partial charge in [0.05, 0.1) is 0 Å². The van der Waals surface area contributed by atoms with Gasteiger partial charge in [0.1, 0.15) is 0 Å². The van der Waals surface area contributed by atoms with Gasteiger partial charge in [-0.25, -0.2) is 15.0 Å². The lowest BCUT2D eigenvalue weighted by atomic mass is 9.96. The Morgan fingerprint density at radius 1 is 0.302 bits per heavy atom. The number of aromatic nitrogens is 3. The first kappa shape index (κ1) is 29.9. The molecule has 3 nitrogen and oxygen atoms in total. The van der Waals surface area contributed by atoms with E-state index in [2.05, 4.69) is 176 Å². The van der Waals surface area contributed by atoms with Gasteiger partial charge < -0.3 is 0 Å². The lowest BCUT2D eigenvalue weighted by Crippen LogP contribution is -2.00. The Hall–Kier alpha value is -6.75. The Morgan fingerprint density at radius 3 is 1.70 bits per heavy atom. The van der Waals surface area contributed by atoms with Gasteiger partial charge in [-0.3, -0.25) is 0 Å². The third-order valence-corrected chi connectivity index (χ3v) is 11.6. The minimum absolute atomic E-state index is 0.650. The summed E-state index contributed by atoms with van der Waals surface area (Å²) in [6.45, 7) is 0. The zero-order valence-electron chi connectivity index (χ0n) is 28.5. The van der Waals surface area contributed by atoms with Crippen LogP contribution in [0.5, 0.6) is 0 Å². The van der Waals surface area contributed by atoms with E-state index >= 15 is 0 Å². The second-order valence-corrected chi connectivity index (χ2v) is 14.7. The maximum Gasteiger partial charge on any atom is 0.164 e. The fourth-order valence-corrected chi connectivity index (χ4v) is 9.00. The summed E-state index contributed by atoms with van der Waals surface area (Å²) in [6.07, 6.45) is 0. The fraction of sp³-hybridized carbons (Fsp3) is 0. The molecule has 0 saturated heterocycles. The molecule has 11 rings (SSSR count). The molecule has 2 heterocycles. The molecule has 53 heavy (non-hydrogen) atoms. The molecule has 0 amide bonds. The molecule has 0 radical (unpaired) electrons. The second kappa shape index (κ2) is 11.9. The lowest BCUT2D eigenvalue weighted by molar-refractivity contribution is 1.08. The van der Waals surface area contributed by atoms with E-state index in [1.807, 2.05) is 0 Å². The highest BCUT2D eigenvalue weighted by molar-refractivity contribution is 7.25. The van der Waals surface area contributed by atoms with Gasteiger partial charge in [-0.1, -0.05) is 152 Å². The highest BCUT2D eigenvalue weighted by atomic mass is 32.1. The van der Waals surface area contributed by atoms with Crippen molar-refractivity contribution < 1.29 is 0 Å². The standard InChI is InChI=1S/C49H29N3S/c1-2-10-34-28-35(21-18-30(34)8-1)31-16-19-33(20-17-31)47-50-48(52-49(51-47)43-13-7-15-45-46(43)42-12-5-6-14-44(42)53-45)37-24-25-39-36(29-37)23-27-40-38-11-4-3-9-32(38)22-26-41(39)40/h1-29H. The minimum Gasteiger partial charge on any atom is -0.208 e. The van der Waals surface area contributed by atoms with Crippen molar-refractivity contribution in [3.8, 4) is 45.3 Å². The van der Waals surface area contributed by atoms with Crippen molar-refractivity contribution >= 4 is 74.6 Å². The normalized spacial score (nSPS) is 11.8. The summed E-state index contributed by atoms with van der Waals surface area (Å²) in [5, 5.41) is 12.3. The predicted molar refractivity (Wildman–Crippen MR) is 224 cm³/mol. The van der Waals surface area contributed by atoms with Gasteiger partial charge in [-0.05, 0) is 78.5 Å². The average molecular weight is 692 g/mol. The molecule has 2 aromatic heterocycles. The molecular formula is C49H29N3S. The summed E-state index contributed by atoms with van der Waals surface area (Å²) in [4.78, 5) is 15.6. The molecule has 0 bridgehead atoms. The summed E-state index contributed by atoms with van der Waals surface area (Å²) < 4.78 is 2.47. The third-order valence-electron chi connectivity index (χ3n) is 10.5. The summed E-state index contributed by atoms with van der Waals surface area (Å²) in [6, 6.07) is 62.8. The van der Waals surface area contributed by atoms with E-state index in [0.29, 0.717) is 17.5 Å². The molecule has 0 aliphatic rings. The maximum absolute atomic E-state index is 5.22. The first-order valence-electron chi connectivity index (χ1n) is 17.8. The molecule has 0 fully saturated rings. The molecule has 0 atom stereocenters. The predicted octanol–water partition coefficient (Wildman–Crippen LogP) is 13.5. The Morgan fingerprint density at radius 2 is 0.849 bits per heavy atom. The van der Waals surface area contributed by atoms with Crippen LogP contribution in [0.15, 0.2) is 176 Å². The van der Waals surface area contributed by atoms with Crippen LogP contribution < -0.4 is 0 Å². The van der Waals surface area contributed by atoms with Gasteiger partial charge in [-0.15, -0.1) is 11.3 Å². The molecular weight excluding hydrogens is 663 g/mol. The number of thiophene rings is 1. The number of rotatable bonds is 4. The van der Waals surface area contributed by atoms with Crippen LogP contribution in [0, 0.1) is 0 Å². The smallest absolute Gasteiger partial charge is 0.164 e. The van der Waals surface area contributed by atoms with E-state index in [-0.39, 0.29) is 0 Å². The molecule has 0 unspecified atom stereocenters. The Kier molecular flexibility index (Phi) is 6.73. The molecule has 4 heteroatoms. The van der Waals surface area contributed by atoms with Crippen LogP contribution in [0.3, 0.4) is 0 Å². The monoisotopic (exact) mass is 691 g/mol. The zero-order valence-corrected chi connectivity index (χ0v) is 29.3. The van der Waals surface area contributed by atoms with Gasteiger partial charge in [0.25, 0.3) is 0 Å². The van der Waals surface area contributed by atoms with Crippen molar-refractivity contribution in [1.29, 1.82) is 0 Å². The largest absolute Gasteiger partial charge is 0.208 e. The highest BCUT2D eigenvalue weighted by Crippen LogP contribution is 2.40. The van der Waals surface area contributed by atoms with Crippen LogP contribution in [-0.2, 0) is 0 Å². The molecule has 0 saturated carbocycles. The van der Waals surface area contributed by atoms with Crippen LogP contribution in [-0.4, -0.2) is 15.0 Å². The topological polar surface area (TPSA) is 38.7 Å². The van der Waals surface area contributed by atoms with Crippen LogP contribution in [0.2, 0.25) is 0 Å². The van der Waals surface area contributed by atoms with Crippen molar-refractivity contribution in [1.82, 2.24) is 15.0 Å². The highest BCUT2D eigenvalue weighted by Gasteiger charge is 2.18. The molecule has 0 spiro atoms. The van der Waals surface area contributed by atoms with Gasteiger partial charge in [0, 0.05) is 36.9 Å². The molecule has 0 aliphatic heterocycles. The summed E-state index contributed by atoms with van der Waals surface area (Å²) in [5.41, 5.74) is 5.24. The first-order valence-corrected chi connectivity index (χ1v) is 18.7. The van der Waals surface area contributed by atoms with Crippen molar-refractivity contribution in [2.75, 3.05) is 0 Å². The van der Waals surface area contributed by atoms with E-state index in [9.17, 15) is 0 Å². The molecule has 11 aromatic rings. The van der Waals surface area contributed by atoms with Gasteiger partial charge in [-0.2, -0.15) is 0 Å². The van der Waals surface area contributed by atoms with Crippen LogP contribution in [0.4, 0.5) is 0 Å². The van der Waals surface area contributed by atoms with Crippen LogP contribution in [0.25, 0.3) is 109 Å².